The Balaban J connectivity index is 1.71. The van der Waals surface area contributed by atoms with Crippen LogP contribution in [-0.4, -0.2) is 29.5 Å². The van der Waals surface area contributed by atoms with Crippen LogP contribution in [0, 0.1) is 6.92 Å². The minimum atomic E-state index is 0.455. The second-order valence-electron chi connectivity index (χ2n) is 6.36. The van der Waals surface area contributed by atoms with E-state index in [0.717, 1.165) is 39.6 Å². The highest BCUT2D eigenvalue weighted by Crippen LogP contribution is 2.40. The molecular formula is C17H15ClN6S. The van der Waals surface area contributed by atoms with Gasteiger partial charge in [0, 0.05) is 19.2 Å². The summed E-state index contributed by atoms with van der Waals surface area (Å²) in [5, 5.41) is 10.9. The van der Waals surface area contributed by atoms with Crippen molar-refractivity contribution >= 4 is 33.2 Å². The normalized spacial score (nSPS) is 14.5. The van der Waals surface area contributed by atoms with E-state index in [0.29, 0.717) is 22.5 Å². The first-order valence-electron chi connectivity index (χ1n) is 8.12. The van der Waals surface area contributed by atoms with Gasteiger partial charge in [-0.2, -0.15) is 10.2 Å². The van der Waals surface area contributed by atoms with Crippen LogP contribution in [0.15, 0.2) is 24.4 Å². The number of aromatic nitrogens is 6. The first-order valence-corrected chi connectivity index (χ1v) is 9.32. The van der Waals surface area contributed by atoms with Crippen molar-refractivity contribution in [2.45, 2.75) is 25.7 Å². The highest BCUT2D eigenvalue weighted by Gasteiger charge is 2.30. The third-order valence-electron chi connectivity index (χ3n) is 4.29. The highest BCUT2D eigenvalue weighted by atomic mass is 35.5. The zero-order valence-electron chi connectivity index (χ0n) is 13.8. The van der Waals surface area contributed by atoms with Gasteiger partial charge in [0.15, 0.2) is 11.6 Å². The van der Waals surface area contributed by atoms with Crippen LogP contribution in [0.25, 0.3) is 27.4 Å². The number of fused-ring (bicyclic) bond motifs is 1. The summed E-state index contributed by atoms with van der Waals surface area (Å²) >= 11 is 8.05. The summed E-state index contributed by atoms with van der Waals surface area (Å²) in [5.74, 6) is 2.02. The Morgan fingerprint density at radius 1 is 1.20 bits per heavy atom. The van der Waals surface area contributed by atoms with Gasteiger partial charge in [-0.25, -0.2) is 14.6 Å². The molecule has 5 rings (SSSR count). The Hall–Kier alpha value is -2.25. The molecule has 0 saturated heterocycles. The number of hydrogen-bond donors (Lipinski definition) is 0. The van der Waals surface area contributed by atoms with Crippen LogP contribution in [0.3, 0.4) is 0 Å². The van der Waals surface area contributed by atoms with Crippen molar-refractivity contribution in [3.63, 3.8) is 0 Å². The zero-order chi connectivity index (χ0) is 17.1. The second kappa shape index (κ2) is 5.37. The smallest absolute Gasteiger partial charge is 0.185 e. The predicted octanol–water partition coefficient (Wildman–Crippen LogP) is 4.12. The molecule has 0 unspecified atom stereocenters. The number of rotatable bonds is 3. The van der Waals surface area contributed by atoms with Gasteiger partial charge < -0.3 is 0 Å². The molecule has 0 radical (unpaired) electrons. The van der Waals surface area contributed by atoms with Gasteiger partial charge in [-0.1, -0.05) is 11.6 Å². The number of aryl methyl sites for hydroxylation is 2. The molecule has 1 saturated carbocycles. The van der Waals surface area contributed by atoms with Crippen LogP contribution < -0.4 is 0 Å². The fraction of sp³-hybridized carbons (Fsp3) is 0.294. The van der Waals surface area contributed by atoms with Gasteiger partial charge in [0.25, 0.3) is 0 Å². The SMILES string of the molecule is Cc1nc2ccc(-n3nc(C4CC4)nc3-c3nn(C)cc3Cl)cc2s1. The van der Waals surface area contributed by atoms with E-state index in [-0.39, 0.29) is 0 Å². The summed E-state index contributed by atoms with van der Waals surface area (Å²) in [6.07, 6.45) is 4.07. The highest BCUT2D eigenvalue weighted by molar-refractivity contribution is 7.18. The summed E-state index contributed by atoms with van der Waals surface area (Å²) < 4.78 is 4.69. The standard InChI is InChI=1S/C17H15ClN6S/c1-9-19-13-6-5-11(7-14(13)25-9)24-17(15-12(18)8-23(2)21-15)20-16(22-24)10-3-4-10/h5-8,10H,3-4H2,1-2H3. The number of hydrogen-bond acceptors (Lipinski definition) is 5. The molecule has 1 fully saturated rings. The van der Waals surface area contributed by atoms with E-state index in [4.69, 9.17) is 21.7 Å². The van der Waals surface area contributed by atoms with Crippen LogP contribution in [0.4, 0.5) is 0 Å². The zero-order valence-corrected chi connectivity index (χ0v) is 15.3. The van der Waals surface area contributed by atoms with Gasteiger partial charge in [-0.15, -0.1) is 11.3 Å². The molecule has 25 heavy (non-hydrogen) atoms. The molecule has 3 aromatic heterocycles. The van der Waals surface area contributed by atoms with Crippen LogP contribution in [0.1, 0.15) is 29.6 Å². The molecule has 6 nitrogen and oxygen atoms in total. The van der Waals surface area contributed by atoms with Gasteiger partial charge in [0.05, 0.1) is 25.9 Å². The van der Waals surface area contributed by atoms with Crippen LogP contribution in [0.5, 0.6) is 0 Å². The Morgan fingerprint density at radius 3 is 2.76 bits per heavy atom. The minimum Gasteiger partial charge on any atom is -0.274 e. The molecular weight excluding hydrogens is 356 g/mol. The fourth-order valence-electron chi connectivity index (χ4n) is 2.95. The van der Waals surface area contributed by atoms with Crippen molar-refractivity contribution in [3.05, 3.63) is 40.3 Å². The van der Waals surface area contributed by atoms with Crippen molar-refractivity contribution in [3.8, 4) is 17.2 Å². The van der Waals surface area contributed by atoms with Gasteiger partial charge in [0.2, 0.25) is 0 Å². The largest absolute Gasteiger partial charge is 0.274 e. The molecule has 0 atom stereocenters. The fourth-order valence-corrected chi connectivity index (χ4v) is 4.07. The number of benzene rings is 1. The average molecular weight is 371 g/mol. The molecule has 1 aliphatic rings. The first kappa shape index (κ1) is 15.0. The molecule has 0 aliphatic heterocycles. The van der Waals surface area contributed by atoms with E-state index in [2.05, 4.69) is 16.1 Å². The van der Waals surface area contributed by atoms with Crippen molar-refractivity contribution in [1.29, 1.82) is 0 Å². The summed E-state index contributed by atoms with van der Waals surface area (Å²) in [6, 6.07) is 6.15. The molecule has 8 heteroatoms. The summed E-state index contributed by atoms with van der Waals surface area (Å²) in [4.78, 5) is 9.28. The van der Waals surface area contributed by atoms with Gasteiger partial charge in [-0.05, 0) is 38.0 Å². The van der Waals surface area contributed by atoms with E-state index >= 15 is 0 Å². The lowest BCUT2D eigenvalue weighted by atomic mass is 10.3. The maximum Gasteiger partial charge on any atom is 0.185 e. The van der Waals surface area contributed by atoms with Gasteiger partial charge >= 0.3 is 0 Å². The van der Waals surface area contributed by atoms with Gasteiger partial charge in [0.1, 0.15) is 5.69 Å². The molecule has 0 amide bonds. The Morgan fingerprint density at radius 2 is 2.04 bits per heavy atom. The molecule has 126 valence electrons. The molecule has 3 heterocycles. The van der Waals surface area contributed by atoms with Crippen molar-refractivity contribution in [2.75, 3.05) is 0 Å². The second-order valence-corrected chi connectivity index (χ2v) is 8.01. The number of nitrogens with zero attached hydrogens (tertiary/aromatic N) is 6. The van der Waals surface area contributed by atoms with Crippen LogP contribution >= 0.6 is 22.9 Å². The number of halogens is 1. The predicted molar refractivity (Wildman–Crippen MR) is 98.5 cm³/mol. The molecule has 0 spiro atoms. The van der Waals surface area contributed by atoms with Crippen molar-refractivity contribution < 1.29 is 0 Å². The molecule has 0 bridgehead atoms. The molecule has 1 aliphatic carbocycles. The van der Waals surface area contributed by atoms with E-state index in [1.54, 1.807) is 22.2 Å². The minimum absolute atomic E-state index is 0.455. The van der Waals surface area contributed by atoms with E-state index < -0.39 is 0 Å². The summed E-state index contributed by atoms with van der Waals surface area (Å²) in [6.45, 7) is 2.02. The molecule has 1 aromatic carbocycles. The lowest BCUT2D eigenvalue weighted by Gasteiger charge is -2.04. The van der Waals surface area contributed by atoms with Gasteiger partial charge in [-0.3, -0.25) is 4.68 Å². The third kappa shape index (κ3) is 2.54. The summed E-state index contributed by atoms with van der Waals surface area (Å²) in [5.41, 5.74) is 2.61. The van der Waals surface area contributed by atoms with Crippen molar-refractivity contribution in [2.24, 2.45) is 7.05 Å². The van der Waals surface area contributed by atoms with E-state index in [9.17, 15) is 0 Å². The number of thiazole rings is 1. The van der Waals surface area contributed by atoms with Crippen LogP contribution in [0.2, 0.25) is 5.02 Å². The summed E-state index contributed by atoms with van der Waals surface area (Å²) in [7, 11) is 1.85. The monoisotopic (exact) mass is 370 g/mol. The molecule has 4 aromatic rings. The Labute approximate surface area is 153 Å². The lowest BCUT2D eigenvalue weighted by Crippen LogP contribution is -2.01. The Kier molecular flexibility index (Phi) is 3.23. The maximum atomic E-state index is 6.37. The Bertz CT molecular complexity index is 1100. The topological polar surface area (TPSA) is 61.4 Å². The third-order valence-corrected chi connectivity index (χ3v) is 5.50. The van der Waals surface area contributed by atoms with E-state index in [1.165, 1.54) is 0 Å². The molecule has 0 N–H and O–H groups in total. The van der Waals surface area contributed by atoms with E-state index in [1.807, 2.05) is 30.8 Å². The first-order chi connectivity index (χ1) is 12.1. The van der Waals surface area contributed by atoms with Crippen LogP contribution in [-0.2, 0) is 7.05 Å². The quantitative estimate of drug-likeness (QED) is 0.544. The lowest BCUT2D eigenvalue weighted by molar-refractivity contribution is 0.765. The maximum absolute atomic E-state index is 6.37. The average Bonchev–Trinajstić information content (AvgIpc) is 3.08. The van der Waals surface area contributed by atoms with Crippen molar-refractivity contribution in [1.82, 2.24) is 29.5 Å².